The van der Waals surface area contributed by atoms with Crippen LogP contribution >= 0.6 is 0 Å². The molecule has 184 valence electrons. The summed E-state index contributed by atoms with van der Waals surface area (Å²) in [7, 11) is 1.69. The highest BCUT2D eigenvalue weighted by Gasteiger charge is 2.65. The summed E-state index contributed by atoms with van der Waals surface area (Å²) in [5, 5.41) is 24.9. The third-order valence-electron chi connectivity index (χ3n) is 4.40. The lowest BCUT2D eigenvalue weighted by Crippen LogP contribution is -2.42. The van der Waals surface area contributed by atoms with Crippen LogP contribution in [0.5, 0.6) is 0 Å². The van der Waals surface area contributed by atoms with Gasteiger partial charge in [0, 0.05) is 37.0 Å². The van der Waals surface area contributed by atoms with Crippen molar-refractivity contribution in [2.75, 3.05) is 0 Å². The van der Waals surface area contributed by atoms with Crippen LogP contribution in [-0.4, -0.2) is 56.0 Å². The van der Waals surface area contributed by atoms with Crippen molar-refractivity contribution in [1.29, 1.82) is 0 Å². The Labute approximate surface area is 185 Å². The van der Waals surface area contributed by atoms with Gasteiger partial charge in [0.25, 0.3) is 5.91 Å². The number of hydrogen-bond donors (Lipinski definition) is 3. The molecule has 0 bridgehead atoms. The van der Waals surface area contributed by atoms with Gasteiger partial charge in [-0.15, -0.1) is 10.2 Å². The van der Waals surface area contributed by atoms with Gasteiger partial charge in [-0.2, -0.15) is 26.3 Å². The molecule has 1 aromatic carbocycles. The summed E-state index contributed by atoms with van der Waals surface area (Å²) in [6, 6.07) is 3.28. The van der Waals surface area contributed by atoms with E-state index in [9.17, 15) is 41.0 Å². The lowest BCUT2D eigenvalue weighted by Gasteiger charge is -2.16. The minimum absolute atomic E-state index is 0.0165. The molecule has 1 unspecified atom stereocenters. The van der Waals surface area contributed by atoms with Crippen molar-refractivity contribution in [3.8, 4) is 0 Å². The van der Waals surface area contributed by atoms with Crippen molar-refractivity contribution in [2.45, 2.75) is 30.5 Å². The smallest absolute Gasteiger partial charge is 0.480 e. The standard InChI is InChI=1S/C16H14F3N5O3.C2HF3O2/c1-24-7-6-20-12(24)8-11(14(26)27)21-13(25)9-2-4-10(5-3-9)15(22-23-15)16(17,18)19;3-2(4,5)1(6)7/h2-7,11H,8H2,1H3,(H,21,25)(H,26,27);(H,6,7). The Balaban J connectivity index is 0.000000509. The van der Waals surface area contributed by atoms with Gasteiger partial charge in [0.05, 0.1) is 0 Å². The van der Waals surface area contributed by atoms with Crippen molar-refractivity contribution < 1.29 is 50.9 Å². The van der Waals surface area contributed by atoms with Crippen LogP contribution in [0.1, 0.15) is 21.7 Å². The number of carbonyl (C=O) groups excluding carboxylic acids is 1. The van der Waals surface area contributed by atoms with E-state index in [4.69, 9.17) is 9.90 Å². The van der Waals surface area contributed by atoms with Gasteiger partial charge in [-0.3, -0.25) is 4.79 Å². The van der Waals surface area contributed by atoms with E-state index in [1.807, 2.05) is 0 Å². The van der Waals surface area contributed by atoms with Crippen LogP contribution in [0.3, 0.4) is 0 Å². The van der Waals surface area contributed by atoms with Crippen LogP contribution in [-0.2, 0) is 28.7 Å². The second-order valence-electron chi connectivity index (χ2n) is 6.77. The summed E-state index contributed by atoms with van der Waals surface area (Å²) >= 11 is 0. The Bertz CT molecular complexity index is 1090. The first-order valence-corrected chi connectivity index (χ1v) is 9.00. The van der Waals surface area contributed by atoms with Crippen LogP contribution in [0.4, 0.5) is 26.3 Å². The Morgan fingerprint density at radius 3 is 1.94 bits per heavy atom. The number of carboxylic acid groups (broad SMARTS) is 2. The first kappa shape index (κ1) is 26.3. The Morgan fingerprint density at radius 2 is 1.59 bits per heavy atom. The molecule has 2 heterocycles. The number of carboxylic acids is 2. The van der Waals surface area contributed by atoms with Gasteiger partial charge in [-0.25, -0.2) is 14.6 Å². The van der Waals surface area contributed by atoms with E-state index in [1.165, 1.54) is 18.3 Å². The Hall–Kier alpha value is -3.98. The lowest BCUT2D eigenvalue weighted by atomic mass is 10.0. The van der Waals surface area contributed by atoms with E-state index < -0.39 is 41.9 Å². The van der Waals surface area contributed by atoms with Crippen LogP contribution in [0, 0.1) is 0 Å². The molecule has 0 radical (unpaired) electrons. The number of carbonyl (C=O) groups is 3. The van der Waals surface area contributed by atoms with Crippen LogP contribution in [0.25, 0.3) is 0 Å². The number of rotatable bonds is 6. The van der Waals surface area contributed by atoms with E-state index >= 15 is 0 Å². The molecule has 16 heteroatoms. The quantitative estimate of drug-likeness (QED) is 0.526. The third-order valence-corrected chi connectivity index (χ3v) is 4.40. The zero-order valence-electron chi connectivity index (χ0n) is 16.9. The van der Waals surface area contributed by atoms with Gasteiger partial charge in [0.15, 0.2) is 0 Å². The van der Waals surface area contributed by atoms with E-state index in [1.54, 1.807) is 17.8 Å². The molecule has 0 saturated heterocycles. The zero-order valence-corrected chi connectivity index (χ0v) is 16.9. The second-order valence-corrected chi connectivity index (χ2v) is 6.77. The van der Waals surface area contributed by atoms with Crippen LogP contribution in [0.2, 0.25) is 0 Å². The highest BCUT2D eigenvalue weighted by atomic mass is 19.4. The lowest BCUT2D eigenvalue weighted by molar-refractivity contribution is -0.192. The maximum Gasteiger partial charge on any atom is 0.490 e. The SMILES string of the molecule is Cn1ccnc1CC(NC(=O)c1ccc(C2(C(F)(F)F)N=N2)cc1)C(=O)O.O=C(O)C(F)(F)F. The molecular formula is C18H15F6N5O5. The molecule has 3 N–H and O–H groups in total. The largest absolute Gasteiger partial charge is 0.490 e. The summed E-state index contributed by atoms with van der Waals surface area (Å²) in [5.74, 6) is -4.28. The Kier molecular flexibility index (Phi) is 7.33. The Morgan fingerprint density at radius 1 is 1.06 bits per heavy atom. The number of aryl methyl sites for hydroxylation is 1. The number of aliphatic carboxylic acids is 2. The van der Waals surface area contributed by atoms with Crippen molar-refractivity contribution in [2.24, 2.45) is 17.3 Å². The maximum atomic E-state index is 13.0. The van der Waals surface area contributed by atoms with E-state index in [-0.39, 0.29) is 17.5 Å². The van der Waals surface area contributed by atoms with Crippen molar-refractivity contribution in [3.63, 3.8) is 0 Å². The fourth-order valence-electron chi connectivity index (χ4n) is 2.51. The van der Waals surface area contributed by atoms with Gasteiger partial charge in [-0.05, 0) is 12.1 Å². The van der Waals surface area contributed by atoms with Crippen LogP contribution < -0.4 is 5.32 Å². The molecule has 1 aliphatic rings. The average Bonchev–Trinajstić information content (AvgIpc) is 3.46. The summed E-state index contributed by atoms with van der Waals surface area (Å²) in [6.07, 6.45) is -6.65. The molecule has 0 saturated carbocycles. The van der Waals surface area contributed by atoms with E-state index in [0.29, 0.717) is 5.82 Å². The molecule has 3 rings (SSSR count). The molecule has 0 fully saturated rings. The number of aromatic nitrogens is 2. The number of nitrogens with zero attached hydrogens (tertiary/aromatic N) is 4. The van der Waals surface area contributed by atoms with Crippen molar-refractivity contribution in [3.05, 3.63) is 53.6 Å². The van der Waals surface area contributed by atoms with Gasteiger partial charge in [0.1, 0.15) is 11.9 Å². The minimum atomic E-state index is -5.08. The summed E-state index contributed by atoms with van der Waals surface area (Å²) in [5.41, 5.74) is -2.76. The molecule has 2 aromatic rings. The highest BCUT2D eigenvalue weighted by molar-refractivity contribution is 5.96. The van der Waals surface area contributed by atoms with E-state index in [0.717, 1.165) is 12.1 Å². The first-order chi connectivity index (χ1) is 15.6. The fraction of sp³-hybridized carbons (Fsp3) is 0.333. The van der Waals surface area contributed by atoms with Crippen LogP contribution in [0.15, 0.2) is 46.9 Å². The molecule has 1 amide bonds. The molecule has 1 atom stereocenters. The number of benzene rings is 1. The van der Waals surface area contributed by atoms with Gasteiger partial charge < -0.3 is 20.1 Å². The monoisotopic (exact) mass is 495 g/mol. The molecule has 34 heavy (non-hydrogen) atoms. The molecule has 1 aliphatic heterocycles. The molecule has 0 aliphatic carbocycles. The predicted molar refractivity (Wildman–Crippen MR) is 98.5 cm³/mol. The fourth-order valence-corrected chi connectivity index (χ4v) is 2.51. The van der Waals surface area contributed by atoms with Gasteiger partial charge in [-0.1, -0.05) is 12.1 Å². The number of halogens is 6. The number of hydrogen-bond acceptors (Lipinski definition) is 6. The number of imidazole rings is 1. The molecule has 1 aromatic heterocycles. The number of nitrogens with one attached hydrogen (secondary N) is 1. The van der Waals surface area contributed by atoms with Crippen molar-refractivity contribution in [1.82, 2.24) is 14.9 Å². The van der Waals surface area contributed by atoms with E-state index in [2.05, 4.69) is 20.5 Å². The summed E-state index contributed by atoms with van der Waals surface area (Å²) in [6.45, 7) is 0. The third kappa shape index (κ3) is 6.08. The zero-order chi connectivity index (χ0) is 25.9. The highest BCUT2D eigenvalue weighted by Crippen LogP contribution is 2.52. The molecule has 0 spiro atoms. The predicted octanol–water partition coefficient (Wildman–Crippen LogP) is 2.66. The number of alkyl halides is 6. The van der Waals surface area contributed by atoms with Crippen molar-refractivity contribution >= 4 is 17.8 Å². The van der Waals surface area contributed by atoms with Gasteiger partial charge in [0.2, 0.25) is 0 Å². The summed E-state index contributed by atoms with van der Waals surface area (Å²) in [4.78, 5) is 36.6. The summed E-state index contributed by atoms with van der Waals surface area (Å²) < 4.78 is 72.3. The van der Waals surface area contributed by atoms with Gasteiger partial charge >= 0.3 is 30.0 Å². The topological polar surface area (TPSA) is 146 Å². The minimum Gasteiger partial charge on any atom is -0.480 e. The average molecular weight is 495 g/mol. The maximum absolute atomic E-state index is 13.0. The number of amides is 1. The molecule has 10 nitrogen and oxygen atoms in total. The first-order valence-electron chi connectivity index (χ1n) is 9.00. The second kappa shape index (κ2) is 9.48. The normalized spacial score (nSPS) is 15.0. The molecular weight excluding hydrogens is 480 g/mol.